The zero-order valence-electron chi connectivity index (χ0n) is 15.4. The van der Waals surface area contributed by atoms with Gasteiger partial charge in [0.1, 0.15) is 12.1 Å². The third-order valence-corrected chi connectivity index (χ3v) is 6.01. The van der Waals surface area contributed by atoms with E-state index >= 15 is 0 Å². The first-order valence-electron chi connectivity index (χ1n) is 9.95. The van der Waals surface area contributed by atoms with Crippen molar-refractivity contribution in [2.24, 2.45) is 0 Å². The van der Waals surface area contributed by atoms with Crippen molar-refractivity contribution in [2.45, 2.75) is 57.2 Å². The van der Waals surface area contributed by atoms with Crippen molar-refractivity contribution < 1.29 is 4.42 Å². The fourth-order valence-electron chi connectivity index (χ4n) is 4.73. The van der Waals surface area contributed by atoms with Gasteiger partial charge in [0.15, 0.2) is 0 Å². The molecule has 2 fully saturated rings. The summed E-state index contributed by atoms with van der Waals surface area (Å²) in [6.45, 7) is 1.63. The monoisotopic (exact) mass is 364 g/mol. The van der Waals surface area contributed by atoms with Crippen molar-refractivity contribution in [2.75, 3.05) is 6.54 Å². The Balaban J connectivity index is 1.62. The van der Waals surface area contributed by atoms with Crippen molar-refractivity contribution in [3.63, 3.8) is 0 Å². The second kappa shape index (κ2) is 6.93. The standard InChI is InChI=1S/C21H24N4O2/c26-21-16-8-3-4-9-17(16)23-20(25(21)15-6-1-2-7-15)18-10-5-12-24(18)14-19-22-11-13-27-19/h3-4,8-9,11,13,15,18H,1-2,5-7,10,12,14H2. The van der Waals surface area contributed by atoms with Crippen molar-refractivity contribution in [1.82, 2.24) is 19.4 Å². The van der Waals surface area contributed by atoms with Crippen LogP contribution in [0.5, 0.6) is 0 Å². The number of hydrogen-bond donors (Lipinski definition) is 0. The second-order valence-electron chi connectivity index (χ2n) is 7.65. The molecule has 0 bridgehead atoms. The molecule has 1 aromatic carbocycles. The largest absolute Gasteiger partial charge is 0.448 e. The maximum Gasteiger partial charge on any atom is 0.261 e. The van der Waals surface area contributed by atoms with Gasteiger partial charge in [-0.15, -0.1) is 0 Å². The molecule has 27 heavy (non-hydrogen) atoms. The smallest absolute Gasteiger partial charge is 0.261 e. The Labute approximate surface area is 157 Å². The van der Waals surface area contributed by atoms with Crippen molar-refractivity contribution in [1.29, 1.82) is 0 Å². The number of benzene rings is 1. The predicted molar refractivity (Wildman–Crippen MR) is 102 cm³/mol. The first-order valence-corrected chi connectivity index (χ1v) is 9.95. The van der Waals surface area contributed by atoms with Gasteiger partial charge in [0.2, 0.25) is 5.89 Å². The van der Waals surface area contributed by atoms with Crippen molar-refractivity contribution >= 4 is 10.9 Å². The molecular formula is C21H24N4O2. The molecule has 1 atom stereocenters. The van der Waals surface area contributed by atoms with E-state index in [-0.39, 0.29) is 17.6 Å². The maximum atomic E-state index is 13.4. The van der Waals surface area contributed by atoms with Crippen LogP contribution in [0.15, 0.2) is 45.9 Å². The van der Waals surface area contributed by atoms with Crippen LogP contribution in [0, 0.1) is 0 Å². The Kier molecular flexibility index (Phi) is 4.28. The van der Waals surface area contributed by atoms with E-state index in [1.807, 2.05) is 28.8 Å². The van der Waals surface area contributed by atoms with Gasteiger partial charge in [-0.3, -0.25) is 14.3 Å². The van der Waals surface area contributed by atoms with Crippen LogP contribution in [0.3, 0.4) is 0 Å². The number of oxazole rings is 1. The molecule has 0 radical (unpaired) electrons. The number of rotatable bonds is 4. The predicted octanol–water partition coefficient (Wildman–Crippen LogP) is 3.84. The Morgan fingerprint density at radius 1 is 1.11 bits per heavy atom. The molecule has 0 N–H and O–H groups in total. The fourth-order valence-corrected chi connectivity index (χ4v) is 4.73. The van der Waals surface area contributed by atoms with Crippen molar-refractivity contribution in [3.8, 4) is 0 Å². The molecule has 1 aliphatic carbocycles. The first kappa shape index (κ1) is 16.7. The summed E-state index contributed by atoms with van der Waals surface area (Å²) in [5.41, 5.74) is 0.917. The maximum absolute atomic E-state index is 13.4. The molecule has 0 spiro atoms. The number of nitrogens with zero attached hydrogens (tertiary/aromatic N) is 4. The van der Waals surface area contributed by atoms with Crippen LogP contribution in [0.4, 0.5) is 0 Å². The third-order valence-electron chi connectivity index (χ3n) is 6.01. The van der Waals surface area contributed by atoms with Gasteiger partial charge >= 0.3 is 0 Å². The summed E-state index contributed by atoms with van der Waals surface area (Å²) in [5, 5.41) is 0.727. The lowest BCUT2D eigenvalue weighted by molar-refractivity contribution is 0.208. The molecule has 3 aromatic rings. The lowest BCUT2D eigenvalue weighted by Gasteiger charge is -2.27. The highest BCUT2D eigenvalue weighted by molar-refractivity contribution is 5.77. The van der Waals surface area contributed by atoms with Crippen LogP contribution in [0.1, 0.15) is 62.3 Å². The summed E-state index contributed by atoms with van der Waals surface area (Å²) in [6, 6.07) is 8.14. The van der Waals surface area contributed by atoms with Crippen LogP contribution >= 0.6 is 0 Å². The molecule has 0 amide bonds. The zero-order chi connectivity index (χ0) is 18.2. The number of aromatic nitrogens is 3. The molecular weight excluding hydrogens is 340 g/mol. The molecule has 1 aliphatic heterocycles. The van der Waals surface area contributed by atoms with E-state index in [1.54, 1.807) is 12.5 Å². The highest BCUT2D eigenvalue weighted by Crippen LogP contribution is 2.36. The summed E-state index contributed by atoms with van der Waals surface area (Å²) in [6.07, 6.45) is 9.92. The molecule has 1 saturated carbocycles. The van der Waals surface area contributed by atoms with Gasteiger partial charge < -0.3 is 4.42 Å². The zero-order valence-corrected chi connectivity index (χ0v) is 15.4. The van der Waals surface area contributed by atoms with E-state index in [2.05, 4.69) is 9.88 Å². The lowest BCUT2D eigenvalue weighted by atomic mass is 10.1. The summed E-state index contributed by atoms with van der Waals surface area (Å²) < 4.78 is 7.48. The van der Waals surface area contributed by atoms with Crippen LogP contribution in [0.25, 0.3) is 10.9 Å². The molecule has 1 saturated heterocycles. The fraction of sp³-hybridized carbons (Fsp3) is 0.476. The Morgan fingerprint density at radius 2 is 1.96 bits per heavy atom. The molecule has 3 heterocycles. The lowest BCUT2D eigenvalue weighted by Crippen LogP contribution is -2.33. The van der Waals surface area contributed by atoms with Gasteiger partial charge in [-0.2, -0.15) is 0 Å². The quantitative estimate of drug-likeness (QED) is 0.704. The highest BCUT2D eigenvalue weighted by Gasteiger charge is 2.33. The van der Waals surface area contributed by atoms with Crippen LogP contribution < -0.4 is 5.56 Å². The summed E-state index contributed by atoms with van der Waals surface area (Å²) >= 11 is 0. The summed E-state index contributed by atoms with van der Waals surface area (Å²) in [4.78, 5) is 25.0. The molecule has 2 aromatic heterocycles. The van der Waals surface area contributed by atoms with E-state index < -0.39 is 0 Å². The van der Waals surface area contributed by atoms with Gasteiger partial charge in [-0.25, -0.2) is 9.97 Å². The number of para-hydroxylation sites is 1. The van der Waals surface area contributed by atoms with E-state index in [1.165, 1.54) is 12.8 Å². The SMILES string of the molecule is O=c1c2ccccc2nc(C2CCCN2Cc2ncco2)n1C1CCCC1. The second-order valence-corrected chi connectivity index (χ2v) is 7.65. The van der Waals surface area contributed by atoms with E-state index in [0.717, 1.165) is 54.8 Å². The summed E-state index contributed by atoms with van der Waals surface area (Å²) in [5.74, 6) is 1.65. The number of fused-ring (bicyclic) bond motifs is 1. The molecule has 1 unspecified atom stereocenters. The van der Waals surface area contributed by atoms with Gasteiger partial charge in [0.05, 0.1) is 29.7 Å². The van der Waals surface area contributed by atoms with Crippen LogP contribution in [0.2, 0.25) is 0 Å². The van der Waals surface area contributed by atoms with E-state index in [0.29, 0.717) is 6.54 Å². The average molecular weight is 364 g/mol. The molecule has 6 heteroatoms. The Morgan fingerprint density at radius 3 is 2.78 bits per heavy atom. The van der Waals surface area contributed by atoms with Crippen LogP contribution in [-0.2, 0) is 6.54 Å². The minimum Gasteiger partial charge on any atom is -0.448 e. The minimum atomic E-state index is 0.116. The van der Waals surface area contributed by atoms with Crippen molar-refractivity contribution in [3.05, 3.63) is 58.8 Å². The number of hydrogen-bond acceptors (Lipinski definition) is 5. The molecule has 2 aliphatic rings. The normalized spacial score (nSPS) is 21.4. The summed E-state index contributed by atoms with van der Waals surface area (Å²) in [7, 11) is 0. The van der Waals surface area contributed by atoms with E-state index in [9.17, 15) is 4.79 Å². The van der Waals surface area contributed by atoms with Gasteiger partial charge in [-0.1, -0.05) is 25.0 Å². The van der Waals surface area contributed by atoms with Gasteiger partial charge in [0.25, 0.3) is 5.56 Å². The van der Waals surface area contributed by atoms with Gasteiger partial charge in [-0.05, 0) is 44.4 Å². The average Bonchev–Trinajstić information content (AvgIpc) is 3.45. The molecule has 5 rings (SSSR count). The van der Waals surface area contributed by atoms with Gasteiger partial charge in [0, 0.05) is 6.04 Å². The molecule has 6 nitrogen and oxygen atoms in total. The van der Waals surface area contributed by atoms with E-state index in [4.69, 9.17) is 9.40 Å². The Hall–Kier alpha value is -2.47. The third kappa shape index (κ3) is 2.98. The first-order chi connectivity index (χ1) is 13.3. The number of likely N-dealkylation sites (tertiary alicyclic amines) is 1. The highest BCUT2D eigenvalue weighted by atomic mass is 16.3. The molecule has 140 valence electrons. The Bertz CT molecular complexity index is 989. The van der Waals surface area contributed by atoms with Crippen LogP contribution in [-0.4, -0.2) is 26.0 Å². The minimum absolute atomic E-state index is 0.116. The topological polar surface area (TPSA) is 64.2 Å².